The lowest BCUT2D eigenvalue weighted by Crippen LogP contribution is -2.42. The summed E-state index contributed by atoms with van der Waals surface area (Å²) in [6.45, 7) is 3.53. The van der Waals surface area contributed by atoms with Gasteiger partial charge in [0.1, 0.15) is 5.75 Å². The van der Waals surface area contributed by atoms with Gasteiger partial charge in [0.2, 0.25) is 5.91 Å². The summed E-state index contributed by atoms with van der Waals surface area (Å²) in [6.07, 6.45) is 13.6. The van der Waals surface area contributed by atoms with Gasteiger partial charge in [-0.1, -0.05) is 44.2 Å². The molecule has 0 saturated heterocycles. The van der Waals surface area contributed by atoms with Crippen LogP contribution in [-0.2, 0) is 11.3 Å². The third-order valence-electron chi connectivity index (χ3n) is 8.26. The van der Waals surface area contributed by atoms with E-state index in [9.17, 15) is 4.79 Å². The molecule has 2 aliphatic rings. The van der Waals surface area contributed by atoms with Crippen molar-refractivity contribution in [2.24, 2.45) is 11.8 Å². The quantitative estimate of drug-likeness (QED) is 0.306. The highest BCUT2D eigenvalue weighted by Gasteiger charge is 2.30. The predicted molar refractivity (Wildman–Crippen MR) is 150 cm³/mol. The van der Waals surface area contributed by atoms with Gasteiger partial charge in [-0.25, -0.2) is 9.67 Å². The standard InChI is InChI=1S/C30H38ClN5O2/c1-21-7-9-22(10-8-21)19-28(37)35(25-5-3-4-6-25)17-18-36-30(24-11-12-27(38-2)26(31)20-24)33-29(34-36)23-13-15-32-16-14-23/h11-16,20-22,25H,3-10,17-19H2,1-2H3. The first-order valence-corrected chi connectivity index (χ1v) is 14.4. The van der Waals surface area contributed by atoms with E-state index in [0.29, 0.717) is 54.0 Å². The number of pyridine rings is 1. The number of methoxy groups -OCH3 is 1. The number of carbonyl (C=O) groups is 1. The molecule has 0 bridgehead atoms. The van der Waals surface area contributed by atoms with Gasteiger partial charge >= 0.3 is 0 Å². The lowest BCUT2D eigenvalue weighted by Gasteiger charge is -2.32. The number of ether oxygens (including phenoxy) is 1. The van der Waals surface area contributed by atoms with Gasteiger partial charge < -0.3 is 9.64 Å². The molecule has 0 unspecified atom stereocenters. The van der Waals surface area contributed by atoms with E-state index < -0.39 is 0 Å². The van der Waals surface area contributed by atoms with E-state index in [1.807, 2.05) is 35.0 Å². The number of nitrogens with zero attached hydrogens (tertiary/aromatic N) is 5. The summed E-state index contributed by atoms with van der Waals surface area (Å²) >= 11 is 6.47. The molecule has 1 aromatic carbocycles. The number of amides is 1. The van der Waals surface area contributed by atoms with Crippen molar-refractivity contribution in [2.45, 2.75) is 77.3 Å². The number of hydrogen-bond donors (Lipinski definition) is 0. The zero-order chi connectivity index (χ0) is 26.5. The van der Waals surface area contributed by atoms with Gasteiger partial charge in [-0.2, -0.15) is 5.10 Å². The number of rotatable bonds is 9. The summed E-state index contributed by atoms with van der Waals surface area (Å²) in [6, 6.07) is 9.80. The summed E-state index contributed by atoms with van der Waals surface area (Å²) in [5.74, 6) is 3.58. The Labute approximate surface area is 230 Å². The summed E-state index contributed by atoms with van der Waals surface area (Å²) in [4.78, 5) is 24.8. The largest absolute Gasteiger partial charge is 0.495 e. The smallest absolute Gasteiger partial charge is 0.223 e. The minimum Gasteiger partial charge on any atom is -0.495 e. The Kier molecular flexibility index (Phi) is 8.62. The Morgan fingerprint density at radius 2 is 1.79 bits per heavy atom. The van der Waals surface area contributed by atoms with E-state index in [2.05, 4.69) is 16.8 Å². The summed E-state index contributed by atoms with van der Waals surface area (Å²) in [5, 5.41) is 5.40. The number of benzene rings is 1. The average Bonchev–Trinajstić information content (AvgIpc) is 3.62. The van der Waals surface area contributed by atoms with Crippen molar-refractivity contribution >= 4 is 17.5 Å². The Bertz CT molecular complexity index is 1220. The SMILES string of the molecule is COc1ccc(-c2nc(-c3ccncc3)nn2CCN(C(=O)CC2CCC(C)CC2)C2CCCC2)cc1Cl. The fourth-order valence-corrected chi connectivity index (χ4v) is 6.22. The van der Waals surface area contributed by atoms with Gasteiger partial charge in [-0.15, -0.1) is 0 Å². The zero-order valence-corrected chi connectivity index (χ0v) is 23.2. The van der Waals surface area contributed by atoms with Crippen LogP contribution in [0.25, 0.3) is 22.8 Å². The maximum absolute atomic E-state index is 13.6. The maximum atomic E-state index is 13.6. The second-order valence-corrected chi connectivity index (χ2v) is 11.3. The Morgan fingerprint density at radius 3 is 2.47 bits per heavy atom. The van der Waals surface area contributed by atoms with Crippen LogP contribution in [0.1, 0.15) is 64.7 Å². The third-order valence-corrected chi connectivity index (χ3v) is 8.55. The van der Waals surface area contributed by atoms with Crippen LogP contribution in [0.3, 0.4) is 0 Å². The van der Waals surface area contributed by atoms with Gasteiger partial charge in [0, 0.05) is 42.5 Å². The molecular weight excluding hydrogens is 498 g/mol. The molecule has 0 radical (unpaired) electrons. The highest BCUT2D eigenvalue weighted by molar-refractivity contribution is 6.32. The van der Waals surface area contributed by atoms with Crippen molar-refractivity contribution in [1.29, 1.82) is 0 Å². The first-order chi connectivity index (χ1) is 18.5. The molecule has 1 amide bonds. The van der Waals surface area contributed by atoms with E-state index >= 15 is 0 Å². The highest BCUT2D eigenvalue weighted by Crippen LogP contribution is 2.33. The molecule has 3 aromatic rings. The van der Waals surface area contributed by atoms with Crippen molar-refractivity contribution < 1.29 is 9.53 Å². The van der Waals surface area contributed by atoms with Gasteiger partial charge in [0.15, 0.2) is 11.6 Å². The molecule has 0 spiro atoms. The van der Waals surface area contributed by atoms with E-state index in [4.69, 9.17) is 26.4 Å². The van der Waals surface area contributed by atoms with E-state index in [1.165, 1.54) is 38.5 Å². The van der Waals surface area contributed by atoms with Gasteiger partial charge in [0.05, 0.1) is 18.7 Å². The van der Waals surface area contributed by atoms with Crippen LogP contribution in [0, 0.1) is 11.8 Å². The average molecular weight is 536 g/mol. The van der Waals surface area contributed by atoms with Crippen molar-refractivity contribution in [1.82, 2.24) is 24.6 Å². The molecule has 2 aromatic heterocycles. The Balaban J connectivity index is 1.39. The molecule has 2 fully saturated rings. The molecule has 0 atom stereocenters. The third kappa shape index (κ3) is 6.20. The number of halogens is 1. The number of aromatic nitrogens is 4. The monoisotopic (exact) mass is 535 g/mol. The lowest BCUT2D eigenvalue weighted by molar-refractivity contribution is -0.135. The van der Waals surface area contributed by atoms with E-state index in [-0.39, 0.29) is 0 Å². The zero-order valence-electron chi connectivity index (χ0n) is 22.5. The molecule has 8 heteroatoms. The molecule has 202 valence electrons. The summed E-state index contributed by atoms with van der Waals surface area (Å²) in [5.41, 5.74) is 1.76. The molecule has 2 aliphatic carbocycles. The topological polar surface area (TPSA) is 73.1 Å². The van der Waals surface area contributed by atoms with Crippen LogP contribution in [0.15, 0.2) is 42.7 Å². The first-order valence-electron chi connectivity index (χ1n) is 14.0. The first kappa shape index (κ1) is 26.7. The van der Waals surface area contributed by atoms with Crippen LogP contribution in [0.5, 0.6) is 5.75 Å². The molecule has 0 aliphatic heterocycles. The minimum absolute atomic E-state index is 0.306. The molecule has 7 nitrogen and oxygen atoms in total. The fraction of sp³-hybridized carbons (Fsp3) is 0.533. The van der Waals surface area contributed by atoms with Crippen LogP contribution in [-0.4, -0.2) is 50.3 Å². The van der Waals surface area contributed by atoms with Crippen molar-refractivity contribution in [3.05, 3.63) is 47.7 Å². The second-order valence-electron chi connectivity index (χ2n) is 10.9. The summed E-state index contributed by atoms with van der Waals surface area (Å²) in [7, 11) is 1.60. The highest BCUT2D eigenvalue weighted by atomic mass is 35.5. The number of carbonyl (C=O) groups excluding carboxylic acids is 1. The molecule has 5 rings (SSSR count). The number of hydrogen-bond acceptors (Lipinski definition) is 5. The van der Waals surface area contributed by atoms with Crippen LogP contribution in [0.2, 0.25) is 5.02 Å². The Hall–Kier alpha value is -2.93. The van der Waals surface area contributed by atoms with Gasteiger partial charge in [-0.05, 0) is 67.9 Å². The van der Waals surface area contributed by atoms with Gasteiger partial charge in [-0.3, -0.25) is 9.78 Å². The van der Waals surface area contributed by atoms with Crippen LogP contribution in [0.4, 0.5) is 0 Å². The van der Waals surface area contributed by atoms with Crippen molar-refractivity contribution in [3.8, 4) is 28.5 Å². The van der Waals surface area contributed by atoms with Crippen LogP contribution < -0.4 is 4.74 Å². The van der Waals surface area contributed by atoms with Gasteiger partial charge in [0.25, 0.3) is 0 Å². The molecule has 38 heavy (non-hydrogen) atoms. The van der Waals surface area contributed by atoms with Crippen molar-refractivity contribution in [3.63, 3.8) is 0 Å². The fourth-order valence-electron chi connectivity index (χ4n) is 5.97. The Morgan fingerprint density at radius 1 is 1.05 bits per heavy atom. The lowest BCUT2D eigenvalue weighted by atomic mass is 9.81. The molecular formula is C30H38ClN5O2. The predicted octanol–water partition coefficient (Wildman–Crippen LogP) is 6.66. The van der Waals surface area contributed by atoms with Crippen molar-refractivity contribution in [2.75, 3.05) is 13.7 Å². The summed E-state index contributed by atoms with van der Waals surface area (Å²) < 4.78 is 7.27. The minimum atomic E-state index is 0.306. The normalized spacial score (nSPS) is 20.0. The molecule has 2 saturated carbocycles. The maximum Gasteiger partial charge on any atom is 0.223 e. The molecule has 2 heterocycles. The van der Waals surface area contributed by atoms with E-state index in [0.717, 1.165) is 35.7 Å². The van der Waals surface area contributed by atoms with Crippen LogP contribution >= 0.6 is 11.6 Å². The molecule has 0 N–H and O–H groups in total. The van der Waals surface area contributed by atoms with E-state index in [1.54, 1.807) is 19.5 Å². The second kappa shape index (κ2) is 12.3.